The van der Waals surface area contributed by atoms with Crippen LogP contribution in [-0.4, -0.2) is 30.9 Å². The van der Waals surface area contributed by atoms with Crippen molar-refractivity contribution in [3.8, 4) is 11.5 Å². The van der Waals surface area contributed by atoms with Gasteiger partial charge in [-0.1, -0.05) is 47.5 Å². The van der Waals surface area contributed by atoms with Crippen molar-refractivity contribution in [2.75, 3.05) is 18.5 Å². The smallest absolute Gasteiger partial charge is 0.325 e. The van der Waals surface area contributed by atoms with E-state index in [1.165, 1.54) is 0 Å². The molecule has 32 heavy (non-hydrogen) atoms. The summed E-state index contributed by atoms with van der Waals surface area (Å²) in [5.41, 5.74) is 2.93. The number of aryl methyl sites for hydroxylation is 2. The van der Waals surface area contributed by atoms with E-state index in [4.69, 9.17) is 9.47 Å². The minimum Gasteiger partial charge on any atom is -0.455 e. The second-order valence-corrected chi connectivity index (χ2v) is 7.17. The molecule has 0 heterocycles. The van der Waals surface area contributed by atoms with Gasteiger partial charge >= 0.3 is 5.97 Å². The first-order valence-corrected chi connectivity index (χ1v) is 10.0. The standard InChI is InChI=1S/C25H24N2O5/c1-17-10-12-20(13-11-17)32-22-9-4-3-8-21(22)27-23(28)16-31-24(29)15-26-25(30)19-7-5-6-18(2)14-19/h3-14H,15-16H2,1-2H3,(H,26,30)(H,27,28). The van der Waals surface area contributed by atoms with Gasteiger partial charge in [-0.2, -0.15) is 0 Å². The van der Waals surface area contributed by atoms with Crippen LogP contribution in [0.5, 0.6) is 11.5 Å². The number of para-hydroxylation sites is 2. The third-order valence-corrected chi connectivity index (χ3v) is 4.45. The van der Waals surface area contributed by atoms with Crippen LogP contribution in [0.3, 0.4) is 0 Å². The Kier molecular flexibility index (Phi) is 7.59. The zero-order chi connectivity index (χ0) is 22.9. The number of ether oxygens (including phenoxy) is 2. The summed E-state index contributed by atoms with van der Waals surface area (Å²) in [6, 6.07) is 21.5. The van der Waals surface area contributed by atoms with Crippen LogP contribution in [0.1, 0.15) is 21.5 Å². The van der Waals surface area contributed by atoms with Crippen LogP contribution in [0.15, 0.2) is 72.8 Å². The van der Waals surface area contributed by atoms with E-state index >= 15 is 0 Å². The van der Waals surface area contributed by atoms with Crippen molar-refractivity contribution in [1.29, 1.82) is 0 Å². The molecule has 7 nitrogen and oxygen atoms in total. The monoisotopic (exact) mass is 432 g/mol. The lowest BCUT2D eigenvalue weighted by Gasteiger charge is -2.12. The quantitative estimate of drug-likeness (QED) is 0.525. The Morgan fingerprint density at radius 3 is 2.34 bits per heavy atom. The number of benzene rings is 3. The second-order valence-electron chi connectivity index (χ2n) is 7.17. The van der Waals surface area contributed by atoms with E-state index in [1.54, 1.807) is 42.5 Å². The fraction of sp³-hybridized carbons (Fsp3) is 0.160. The summed E-state index contributed by atoms with van der Waals surface area (Å²) < 4.78 is 10.8. The average Bonchev–Trinajstić information content (AvgIpc) is 2.79. The van der Waals surface area contributed by atoms with Crippen molar-refractivity contribution >= 4 is 23.5 Å². The fourth-order valence-corrected chi connectivity index (χ4v) is 2.82. The summed E-state index contributed by atoms with van der Waals surface area (Å²) in [6.45, 7) is 3.02. The third-order valence-electron chi connectivity index (χ3n) is 4.45. The Bertz CT molecular complexity index is 1110. The number of nitrogens with one attached hydrogen (secondary N) is 2. The van der Waals surface area contributed by atoms with E-state index < -0.39 is 24.4 Å². The normalized spacial score (nSPS) is 10.2. The first-order chi connectivity index (χ1) is 15.4. The van der Waals surface area contributed by atoms with Gasteiger partial charge in [0.2, 0.25) is 0 Å². The van der Waals surface area contributed by atoms with Crippen LogP contribution in [0.2, 0.25) is 0 Å². The van der Waals surface area contributed by atoms with Gasteiger partial charge in [-0.15, -0.1) is 0 Å². The van der Waals surface area contributed by atoms with Crippen LogP contribution in [0, 0.1) is 13.8 Å². The predicted molar refractivity (Wildman–Crippen MR) is 121 cm³/mol. The molecule has 164 valence electrons. The highest BCUT2D eigenvalue weighted by molar-refractivity contribution is 5.97. The Labute approximate surface area is 186 Å². The summed E-state index contributed by atoms with van der Waals surface area (Å²) in [6.07, 6.45) is 0. The van der Waals surface area contributed by atoms with Gasteiger partial charge in [-0.05, 0) is 50.2 Å². The molecule has 2 amide bonds. The van der Waals surface area contributed by atoms with Crippen molar-refractivity contribution in [3.63, 3.8) is 0 Å². The zero-order valence-corrected chi connectivity index (χ0v) is 17.9. The molecule has 0 aliphatic rings. The summed E-state index contributed by atoms with van der Waals surface area (Å²) in [7, 11) is 0. The SMILES string of the molecule is Cc1ccc(Oc2ccccc2NC(=O)COC(=O)CNC(=O)c2cccc(C)c2)cc1. The number of anilines is 1. The molecular weight excluding hydrogens is 408 g/mol. The summed E-state index contributed by atoms with van der Waals surface area (Å²) >= 11 is 0. The van der Waals surface area contributed by atoms with Crippen molar-refractivity contribution in [2.24, 2.45) is 0 Å². The molecule has 0 bridgehead atoms. The lowest BCUT2D eigenvalue weighted by Crippen LogP contribution is -2.32. The minimum atomic E-state index is -0.717. The Hall–Kier alpha value is -4.13. The number of amides is 2. The van der Waals surface area contributed by atoms with Crippen LogP contribution in [0.25, 0.3) is 0 Å². The number of hydrogen-bond acceptors (Lipinski definition) is 5. The number of carbonyl (C=O) groups is 3. The van der Waals surface area contributed by atoms with Crippen molar-refractivity contribution in [1.82, 2.24) is 5.32 Å². The lowest BCUT2D eigenvalue weighted by molar-refractivity contribution is -0.146. The van der Waals surface area contributed by atoms with E-state index in [2.05, 4.69) is 10.6 Å². The molecule has 3 aromatic carbocycles. The van der Waals surface area contributed by atoms with Crippen LogP contribution in [-0.2, 0) is 14.3 Å². The van der Waals surface area contributed by atoms with Gasteiger partial charge in [-0.3, -0.25) is 14.4 Å². The Balaban J connectivity index is 1.48. The summed E-state index contributed by atoms with van der Waals surface area (Å²) in [5.74, 6) is -0.541. The maximum absolute atomic E-state index is 12.2. The minimum absolute atomic E-state index is 0.340. The predicted octanol–water partition coefficient (Wildman–Crippen LogP) is 4.01. The molecule has 0 atom stereocenters. The maximum Gasteiger partial charge on any atom is 0.325 e. The van der Waals surface area contributed by atoms with Gasteiger partial charge in [0.1, 0.15) is 12.3 Å². The van der Waals surface area contributed by atoms with E-state index in [0.717, 1.165) is 11.1 Å². The third kappa shape index (κ3) is 6.70. The molecule has 0 aliphatic heterocycles. The molecular formula is C25H24N2O5. The molecule has 3 aromatic rings. The highest BCUT2D eigenvalue weighted by atomic mass is 16.5. The van der Waals surface area contributed by atoms with Gasteiger partial charge < -0.3 is 20.1 Å². The van der Waals surface area contributed by atoms with Crippen molar-refractivity contribution in [2.45, 2.75) is 13.8 Å². The molecule has 0 fully saturated rings. The Morgan fingerprint density at radius 1 is 0.844 bits per heavy atom. The molecule has 0 spiro atoms. The molecule has 3 rings (SSSR count). The molecule has 0 aromatic heterocycles. The largest absolute Gasteiger partial charge is 0.455 e. The second kappa shape index (κ2) is 10.8. The molecule has 2 N–H and O–H groups in total. The van der Waals surface area contributed by atoms with Crippen LogP contribution >= 0.6 is 0 Å². The van der Waals surface area contributed by atoms with Gasteiger partial charge in [0.15, 0.2) is 12.4 Å². The molecule has 0 unspecified atom stereocenters. The molecule has 0 saturated carbocycles. The first kappa shape index (κ1) is 22.6. The van der Waals surface area contributed by atoms with Gasteiger partial charge in [0.25, 0.3) is 11.8 Å². The van der Waals surface area contributed by atoms with Crippen molar-refractivity contribution in [3.05, 3.63) is 89.5 Å². The van der Waals surface area contributed by atoms with Crippen molar-refractivity contribution < 1.29 is 23.9 Å². The molecule has 0 aliphatic carbocycles. The number of carbonyl (C=O) groups excluding carboxylic acids is 3. The number of hydrogen-bond donors (Lipinski definition) is 2. The van der Waals surface area contributed by atoms with E-state index in [0.29, 0.717) is 22.7 Å². The van der Waals surface area contributed by atoms with Gasteiger partial charge in [-0.25, -0.2) is 0 Å². The fourth-order valence-electron chi connectivity index (χ4n) is 2.82. The molecule has 7 heteroatoms. The molecule has 0 saturated heterocycles. The topological polar surface area (TPSA) is 93.7 Å². The first-order valence-electron chi connectivity index (χ1n) is 10.0. The van der Waals surface area contributed by atoms with E-state index in [9.17, 15) is 14.4 Å². The van der Waals surface area contributed by atoms with Crippen LogP contribution in [0.4, 0.5) is 5.69 Å². The Morgan fingerprint density at radius 2 is 1.59 bits per heavy atom. The van der Waals surface area contributed by atoms with Gasteiger partial charge in [0, 0.05) is 5.56 Å². The summed E-state index contributed by atoms with van der Waals surface area (Å²) in [5, 5.41) is 5.14. The number of esters is 1. The molecule has 0 radical (unpaired) electrons. The highest BCUT2D eigenvalue weighted by Crippen LogP contribution is 2.29. The number of rotatable bonds is 8. The van der Waals surface area contributed by atoms with Crippen LogP contribution < -0.4 is 15.4 Å². The highest BCUT2D eigenvalue weighted by Gasteiger charge is 2.13. The lowest BCUT2D eigenvalue weighted by atomic mass is 10.1. The maximum atomic E-state index is 12.2. The van der Waals surface area contributed by atoms with Gasteiger partial charge in [0.05, 0.1) is 5.69 Å². The zero-order valence-electron chi connectivity index (χ0n) is 17.9. The average molecular weight is 432 g/mol. The van der Waals surface area contributed by atoms with E-state index in [1.807, 2.05) is 44.2 Å². The summed E-state index contributed by atoms with van der Waals surface area (Å²) in [4.78, 5) is 36.2. The van der Waals surface area contributed by atoms with E-state index in [-0.39, 0.29) is 6.54 Å².